The van der Waals surface area contributed by atoms with Crippen molar-refractivity contribution in [3.8, 4) is 0 Å². The number of nitrogens with zero attached hydrogens (tertiary/aromatic N) is 1. The van der Waals surface area contributed by atoms with E-state index in [-0.39, 0.29) is 11.6 Å². The molecule has 12 heavy (non-hydrogen) atoms. The van der Waals surface area contributed by atoms with Gasteiger partial charge in [0.05, 0.1) is 0 Å². The summed E-state index contributed by atoms with van der Waals surface area (Å²) in [4.78, 5) is 10.5. The van der Waals surface area contributed by atoms with Gasteiger partial charge in [-0.15, -0.1) is 0 Å². The van der Waals surface area contributed by atoms with Gasteiger partial charge < -0.3 is 10.3 Å². The maximum absolute atomic E-state index is 10.5. The first-order chi connectivity index (χ1) is 5.75. The lowest BCUT2D eigenvalue weighted by atomic mass is 9.86. The van der Waals surface area contributed by atoms with Crippen LogP contribution in [0.3, 0.4) is 0 Å². The van der Waals surface area contributed by atoms with Crippen LogP contribution in [0.25, 0.3) is 0 Å². The second-order valence-electron chi connectivity index (χ2n) is 3.13. The molecule has 1 fully saturated rings. The van der Waals surface area contributed by atoms with E-state index < -0.39 is 5.97 Å². The molecule has 4 nitrogen and oxygen atoms in total. The first kappa shape index (κ1) is 9.03. The Morgan fingerprint density at radius 1 is 1.25 bits per heavy atom. The van der Waals surface area contributed by atoms with Crippen LogP contribution in [-0.4, -0.2) is 22.0 Å². The normalized spacial score (nSPS) is 20.8. The number of hydrogen-bond donors (Lipinski definition) is 2. The number of carbonyl (C=O) groups is 1. The molecular formula is C8H13NO3. The topological polar surface area (TPSA) is 69.9 Å². The predicted molar refractivity (Wildman–Crippen MR) is 43.4 cm³/mol. The summed E-state index contributed by atoms with van der Waals surface area (Å²) in [6, 6.07) is 0. The van der Waals surface area contributed by atoms with Gasteiger partial charge in [-0.1, -0.05) is 24.4 Å². The molecule has 68 valence electrons. The Morgan fingerprint density at radius 3 is 2.25 bits per heavy atom. The molecule has 0 bridgehead atoms. The van der Waals surface area contributed by atoms with E-state index in [1.807, 2.05) is 0 Å². The Balaban J connectivity index is 2.59. The number of oxime groups is 1. The van der Waals surface area contributed by atoms with Gasteiger partial charge in [-0.3, -0.25) is 0 Å². The van der Waals surface area contributed by atoms with Crippen LogP contribution < -0.4 is 0 Å². The van der Waals surface area contributed by atoms with Gasteiger partial charge in [-0.2, -0.15) is 0 Å². The van der Waals surface area contributed by atoms with Crippen LogP contribution in [0.5, 0.6) is 0 Å². The van der Waals surface area contributed by atoms with Gasteiger partial charge in [-0.05, 0) is 12.8 Å². The molecule has 0 aromatic carbocycles. The van der Waals surface area contributed by atoms with Crippen LogP contribution in [0.1, 0.15) is 32.1 Å². The van der Waals surface area contributed by atoms with Crippen LogP contribution in [0.15, 0.2) is 5.16 Å². The van der Waals surface area contributed by atoms with Crippen LogP contribution in [0.4, 0.5) is 0 Å². The molecule has 1 rings (SSSR count). The van der Waals surface area contributed by atoms with E-state index in [9.17, 15) is 4.79 Å². The summed E-state index contributed by atoms with van der Waals surface area (Å²) >= 11 is 0. The van der Waals surface area contributed by atoms with Crippen LogP contribution in [0, 0.1) is 5.92 Å². The molecule has 0 unspecified atom stereocenters. The Kier molecular flexibility index (Phi) is 3.08. The van der Waals surface area contributed by atoms with Crippen LogP contribution in [-0.2, 0) is 4.79 Å². The molecule has 1 saturated carbocycles. The van der Waals surface area contributed by atoms with Crippen molar-refractivity contribution in [1.29, 1.82) is 0 Å². The molecule has 2 N–H and O–H groups in total. The van der Waals surface area contributed by atoms with Gasteiger partial charge in [0, 0.05) is 5.92 Å². The summed E-state index contributed by atoms with van der Waals surface area (Å²) in [7, 11) is 0. The molecule has 0 heterocycles. The van der Waals surface area contributed by atoms with E-state index in [2.05, 4.69) is 5.16 Å². The zero-order valence-corrected chi connectivity index (χ0v) is 6.86. The Labute approximate surface area is 70.9 Å². The number of hydrogen-bond acceptors (Lipinski definition) is 3. The van der Waals surface area contributed by atoms with Crippen LogP contribution in [0.2, 0.25) is 0 Å². The molecule has 1 aliphatic rings. The average molecular weight is 171 g/mol. The third-order valence-corrected chi connectivity index (χ3v) is 2.32. The summed E-state index contributed by atoms with van der Waals surface area (Å²) in [5, 5.41) is 19.9. The molecular weight excluding hydrogens is 158 g/mol. The lowest BCUT2D eigenvalue weighted by Crippen LogP contribution is -2.25. The molecule has 0 aliphatic heterocycles. The average Bonchev–Trinajstić information content (AvgIpc) is 2.07. The Morgan fingerprint density at radius 2 is 1.83 bits per heavy atom. The third kappa shape index (κ3) is 1.96. The fraction of sp³-hybridized carbons (Fsp3) is 0.750. The van der Waals surface area contributed by atoms with Crippen molar-refractivity contribution in [2.45, 2.75) is 32.1 Å². The minimum atomic E-state index is -1.09. The molecule has 0 spiro atoms. The summed E-state index contributed by atoms with van der Waals surface area (Å²) in [5.74, 6) is -1.13. The minimum Gasteiger partial charge on any atom is -0.477 e. The highest BCUT2D eigenvalue weighted by Crippen LogP contribution is 2.24. The van der Waals surface area contributed by atoms with Crippen molar-refractivity contribution in [2.24, 2.45) is 11.1 Å². The summed E-state index contributed by atoms with van der Waals surface area (Å²) in [6.07, 6.45) is 4.92. The fourth-order valence-electron chi connectivity index (χ4n) is 1.68. The van der Waals surface area contributed by atoms with Gasteiger partial charge in [0.25, 0.3) is 0 Å². The lowest BCUT2D eigenvalue weighted by molar-refractivity contribution is -0.129. The summed E-state index contributed by atoms with van der Waals surface area (Å²) in [5.41, 5.74) is -0.0744. The second-order valence-corrected chi connectivity index (χ2v) is 3.13. The molecule has 0 atom stereocenters. The Bertz CT molecular complexity index is 194. The molecule has 0 aromatic rings. The van der Waals surface area contributed by atoms with E-state index in [4.69, 9.17) is 10.3 Å². The Hall–Kier alpha value is -1.06. The van der Waals surface area contributed by atoms with Crippen LogP contribution >= 0.6 is 0 Å². The summed E-state index contributed by atoms with van der Waals surface area (Å²) in [6.45, 7) is 0. The smallest absolute Gasteiger partial charge is 0.353 e. The molecule has 1 aliphatic carbocycles. The largest absolute Gasteiger partial charge is 0.477 e. The highest BCUT2D eigenvalue weighted by atomic mass is 16.4. The van der Waals surface area contributed by atoms with E-state index in [1.54, 1.807) is 0 Å². The van der Waals surface area contributed by atoms with E-state index in [1.165, 1.54) is 0 Å². The van der Waals surface area contributed by atoms with E-state index in [0.717, 1.165) is 32.1 Å². The first-order valence-electron chi connectivity index (χ1n) is 4.21. The third-order valence-electron chi connectivity index (χ3n) is 2.32. The van der Waals surface area contributed by atoms with Crippen molar-refractivity contribution >= 4 is 11.7 Å². The molecule has 4 heteroatoms. The lowest BCUT2D eigenvalue weighted by Gasteiger charge is -2.19. The highest BCUT2D eigenvalue weighted by molar-refractivity contribution is 6.36. The highest BCUT2D eigenvalue weighted by Gasteiger charge is 2.24. The van der Waals surface area contributed by atoms with Gasteiger partial charge in [0.2, 0.25) is 0 Å². The van der Waals surface area contributed by atoms with Gasteiger partial charge in [0.15, 0.2) is 5.71 Å². The van der Waals surface area contributed by atoms with Crippen molar-refractivity contribution in [3.05, 3.63) is 0 Å². The zero-order valence-electron chi connectivity index (χ0n) is 6.86. The maximum atomic E-state index is 10.5. The van der Waals surface area contributed by atoms with Gasteiger partial charge in [0.1, 0.15) is 0 Å². The molecule has 0 saturated heterocycles. The van der Waals surface area contributed by atoms with E-state index >= 15 is 0 Å². The second kappa shape index (κ2) is 4.09. The zero-order chi connectivity index (χ0) is 8.97. The minimum absolute atomic E-state index is 0.0405. The van der Waals surface area contributed by atoms with Crippen molar-refractivity contribution < 1.29 is 15.1 Å². The summed E-state index contributed by atoms with van der Waals surface area (Å²) < 4.78 is 0. The molecule has 0 radical (unpaired) electrons. The van der Waals surface area contributed by atoms with Crippen molar-refractivity contribution in [1.82, 2.24) is 0 Å². The van der Waals surface area contributed by atoms with Crippen molar-refractivity contribution in [3.63, 3.8) is 0 Å². The van der Waals surface area contributed by atoms with Gasteiger partial charge >= 0.3 is 5.97 Å². The van der Waals surface area contributed by atoms with Gasteiger partial charge in [-0.25, -0.2) is 4.79 Å². The van der Waals surface area contributed by atoms with Crippen molar-refractivity contribution in [2.75, 3.05) is 0 Å². The number of carboxylic acids is 1. The van der Waals surface area contributed by atoms with E-state index in [0.29, 0.717) is 0 Å². The monoisotopic (exact) mass is 171 g/mol. The predicted octanol–water partition coefficient (Wildman–Crippen LogP) is 1.48. The molecule has 0 amide bonds. The fourth-order valence-corrected chi connectivity index (χ4v) is 1.68. The number of aliphatic carboxylic acids is 1. The number of carboxylic acid groups (broad SMARTS) is 1. The molecule has 0 aromatic heterocycles. The number of rotatable bonds is 2. The maximum Gasteiger partial charge on any atom is 0.353 e. The SMILES string of the molecule is O=C(O)C(=NO)C1CCCCC1. The quantitative estimate of drug-likeness (QED) is 0.375. The standard InChI is InChI=1S/C8H13NO3/c10-8(11)7(9-12)6-4-2-1-3-5-6/h6,12H,1-5H2,(H,10,11). The first-order valence-corrected chi connectivity index (χ1v) is 4.21.